The summed E-state index contributed by atoms with van der Waals surface area (Å²) in [6.45, 7) is 15.4. The summed E-state index contributed by atoms with van der Waals surface area (Å²) in [6, 6.07) is 0.727. The molecule has 2 heteroatoms. The van der Waals surface area contributed by atoms with Gasteiger partial charge in [-0.05, 0) is 32.2 Å². The Hall–Kier alpha value is -0.0800. The van der Waals surface area contributed by atoms with Crippen molar-refractivity contribution in [3.05, 3.63) is 0 Å². The number of nitrogens with zero attached hydrogens (tertiary/aromatic N) is 1. The SMILES string of the molecule is CCCCCCCCCN1CC(C)(CC)NCC1C(C)C. The fraction of sp³-hybridized carbons (Fsp3) is 1.00. The Labute approximate surface area is 134 Å². The second kappa shape index (κ2) is 9.84. The molecule has 1 saturated heterocycles. The molecule has 0 amide bonds. The van der Waals surface area contributed by atoms with Crippen LogP contribution in [0.4, 0.5) is 0 Å². The van der Waals surface area contributed by atoms with E-state index in [4.69, 9.17) is 0 Å². The minimum Gasteiger partial charge on any atom is -0.309 e. The van der Waals surface area contributed by atoms with E-state index < -0.39 is 0 Å². The summed E-state index contributed by atoms with van der Waals surface area (Å²) in [5, 5.41) is 3.79. The number of rotatable bonds is 10. The van der Waals surface area contributed by atoms with Crippen LogP contribution in [0.3, 0.4) is 0 Å². The van der Waals surface area contributed by atoms with Crippen LogP contribution in [-0.4, -0.2) is 36.1 Å². The van der Waals surface area contributed by atoms with Gasteiger partial charge in [-0.2, -0.15) is 0 Å². The largest absolute Gasteiger partial charge is 0.309 e. The molecule has 0 radical (unpaired) electrons. The molecule has 2 atom stereocenters. The molecule has 1 heterocycles. The predicted octanol–water partition coefficient (Wildman–Crippen LogP) is 4.84. The van der Waals surface area contributed by atoms with Gasteiger partial charge >= 0.3 is 0 Å². The van der Waals surface area contributed by atoms with E-state index in [1.54, 1.807) is 0 Å². The van der Waals surface area contributed by atoms with Crippen LogP contribution in [0.2, 0.25) is 0 Å². The summed E-state index contributed by atoms with van der Waals surface area (Å²) in [5.74, 6) is 0.753. The van der Waals surface area contributed by atoms with E-state index in [0.717, 1.165) is 12.0 Å². The monoisotopic (exact) mass is 296 g/mol. The van der Waals surface area contributed by atoms with Crippen molar-refractivity contribution in [3.8, 4) is 0 Å². The van der Waals surface area contributed by atoms with E-state index in [1.165, 1.54) is 71.0 Å². The van der Waals surface area contributed by atoms with Crippen LogP contribution in [0.25, 0.3) is 0 Å². The van der Waals surface area contributed by atoms with Gasteiger partial charge < -0.3 is 5.32 Å². The summed E-state index contributed by atoms with van der Waals surface area (Å²) in [6.07, 6.45) is 11.1. The first-order valence-corrected chi connectivity index (χ1v) is 9.51. The van der Waals surface area contributed by atoms with Gasteiger partial charge in [0.15, 0.2) is 0 Å². The molecule has 0 saturated carbocycles. The number of piperazine rings is 1. The highest BCUT2D eigenvalue weighted by molar-refractivity contribution is 4.95. The molecule has 2 nitrogen and oxygen atoms in total. The van der Waals surface area contributed by atoms with Crippen molar-refractivity contribution in [1.29, 1.82) is 0 Å². The standard InChI is InChI=1S/C19H40N2/c1-6-8-9-10-11-12-13-14-21-16-19(5,7-2)20-15-18(21)17(3)4/h17-18,20H,6-16H2,1-5H3. The van der Waals surface area contributed by atoms with Crippen molar-refractivity contribution < 1.29 is 0 Å². The summed E-state index contributed by atoms with van der Waals surface area (Å²) in [7, 11) is 0. The summed E-state index contributed by atoms with van der Waals surface area (Å²) >= 11 is 0. The molecule has 0 bridgehead atoms. The van der Waals surface area contributed by atoms with Crippen LogP contribution in [0.1, 0.15) is 86.0 Å². The molecule has 2 unspecified atom stereocenters. The van der Waals surface area contributed by atoms with Crippen molar-refractivity contribution in [2.24, 2.45) is 5.92 Å². The van der Waals surface area contributed by atoms with E-state index >= 15 is 0 Å². The molecule has 1 rings (SSSR count). The number of hydrogen-bond acceptors (Lipinski definition) is 2. The molecule has 0 aromatic rings. The summed E-state index contributed by atoms with van der Waals surface area (Å²) in [4.78, 5) is 2.77. The van der Waals surface area contributed by atoms with Crippen LogP contribution < -0.4 is 5.32 Å². The van der Waals surface area contributed by atoms with Gasteiger partial charge in [-0.15, -0.1) is 0 Å². The van der Waals surface area contributed by atoms with Crippen LogP contribution in [0, 0.1) is 5.92 Å². The van der Waals surface area contributed by atoms with Gasteiger partial charge in [0.25, 0.3) is 0 Å². The van der Waals surface area contributed by atoms with E-state index in [9.17, 15) is 0 Å². The normalized spacial score (nSPS) is 27.4. The average Bonchev–Trinajstić information content (AvgIpc) is 2.46. The van der Waals surface area contributed by atoms with Crippen LogP contribution in [0.15, 0.2) is 0 Å². The third-order valence-electron chi connectivity index (χ3n) is 5.36. The highest BCUT2D eigenvalue weighted by Gasteiger charge is 2.35. The zero-order chi connectivity index (χ0) is 15.7. The maximum Gasteiger partial charge on any atom is 0.0278 e. The molecule has 126 valence electrons. The number of nitrogens with one attached hydrogen (secondary N) is 1. The van der Waals surface area contributed by atoms with E-state index in [-0.39, 0.29) is 0 Å². The first kappa shape index (κ1) is 19.0. The Kier molecular flexibility index (Phi) is 8.89. The summed E-state index contributed by atoms with van der Waals surface area (Å²) < 4.78 is 0. The second-order valence-corrected chi connectivity index (χ2v) is 7.70. The quantitative estimate of drug-likeness (QED) is 0.581. The highest BCUT2D eigenvalue weighted by atomic mass is 15.3. The van der Waals surface area contributed by atoms with Gasteiger partial charge in [0.05, 0.1) is 0 Å². The molecule has 1 aliphatic heterocycles. The molecule has 21 heavy (non-hydrogen) atoms. The third kappa shape index (κ3) is 6.69. The lowest BCUT2D eigenvalue weighted by Crippen LogP contribution is -2.63. The predicted molar refractivity (Wildman–Crippen MR) is 94.9 cm³/mol. The van der Waals surface area contributed by atoms with Gasteiger partial charge in [-0.1, -0.05) is 66.2 Å². The zero-order valence-electron chi connectivity index (χ0n) is 15.4. The van der Waals surface area contributed by atoms with Crippen LogP contribution in [0.5, 0.6) is 0 Å². The Balaban J connectivity index is 2.30. The lowest BCUT2D eigenvalue weighted by Gasteiger charge is -2.47. The summed E-state index contributed by atoms with van der Waals surface area (Å²) in [5.41, 5.74) is 0.326. The van der Waals surface area contributed by atoms with Crippen molar-refractivity contribution in [1.82, 2.24) is 10.2 Å². The average molecular weight is 297 g/mol. The van der Waals surface area contributed by atoms with Gasteiger partial charge in [0.2, 0.25) is 0 Å². The lowest BCUT2D eigenvalue weighted by molar-refractivity contribution is 0.0588. The molecule has 0 aromatic carbocycles. The van der Waals surface area contributed by atoms with Gasteiger partial charge in [-0.3, -0.25) is 4.90 Å². The van der Waals surface area contributed by atoms with Crippen LogP contribution in [-0.2, 0) is 0 Å². The van der Waals surface area contributed by atoms with E-state index in [1.807, 2.05) is 0 Å². The maximum absolute atomic E-state index is 3.79. The Morgan fingerprint density at radius 3 is 2.24 bits per heavy atom. The Bertz CT molecular complexity index is 264. The third-order valence-corrected chi connectivity index (χ3v) is 5.36. The van der Waals surface area contributed by atoms with Crippen molar-refractivity contribution in [2.45, 2.75) is 97.6 Å². The first-order chi connectivity index (χ1) is 10.0. The smallest absolute Gasteiger partial charge is 0.0278 e. The maximum atomic E-state index is 3.79. The van der Waals surface area contributed by atoms with Crippen LogP contribution >= 0.6 is 0 Å². The number of unbranched alkanes of at least 4 members (excludes halogenated alkanes) is 6. The molecular weight excluding hydrogens is 256 g/mol. The van der Waals surface area contributed by atoms with Gasteiger partial charge in [0, 0.05) is 24.7 Å². The fourth-order valence-electron chi connectivity index (χ4n) is 3.51. The molecule has 0 aliphatic carbocycles. The molecule has 1 aliphatic rings. The van der Waals surface area contributed by atoms with Gasteiger partial charge in [0.1, 0.15) is 0 Å². The Morgan fingerprint density at radius 2 is 1.67 bits per heavy atom. The fourth-order valence-corrected chi connectivity index (χ4v) is 3.51. The number of hydrogen-bond donors (Lipinski definition) is 1. The van der Waals surface area contributed by atoms with E-state index in [2.05, 4.69) is 44.8 Å². The topological polar surface area (TPSA) is 15.3 Å². The minimum atomic E-state index is 0.326. The Morgan fingerprint density at radius 1 is 1.05 bits per heavy atom. The zero-order valence-corrected chi connectivity index (χ0v) is 15.4. The molecular formula is C19H40N2. The molecule has 0 aromatic heterocycles. The van der Waals surface area contributed by atoms with Crippen molar-refractivity contribution in [3.63, 3.8) is 0 Å². The molecule has 0 spiro atoms. The van der Waals surface area contributed by atoms with Crippen molar-refractivity contribution >= 4 is 0 Å². The van der Waals surface area contributed by atoms with Crippen molar-refractivity contribution in [2.75, 3.05) is 19.6 Å². The first-order valence-electron chi connectivity index (χ1n) is 9.51. The van der Waals surface area contributed by atoms with E-state index in [0.29, 0.717) is 5.54 Å². The molecule has 1 fully saturated rings. The lowest BCUT2D eigenvalue weighted by atomic mass is 9.89. The molecule has 1 N–H and O–H groups in total. The second-order valence-electron chi connectivity index (χ2n) is 7.70. The highest BCUT2D eigenvalue weighted by Crippen LogP contribution is 2.23. The minimum absolute atomic E-state index is 0.326. The van der Waals surface area contributed by atoms with Gasteiger partial charge in [-0.25, -0.2) is 0 Å².